The van der Waals surface area contributed by atoms with E-state index in [4.69, 9.17) is 16.3 Å². The summed E-state index contributed by atoms with van der Waals surface area (Å²) < 4.78 is 21.9. The Morgan fingerprint density at radius 1 is 1.18 bits per heavy atom. The summed E-state index contributed by atoms with van der Waals surface area (Å²) in [5.74, 6) is -0.777. The average Bonchev–Trinajstić information content (AvgIpc) is 3.67. The quantitative estimate of drug-likeness (QED) is 0.314. The van der Waals surface area contributed by atoms with E-state index in [0.717, 1.165) is 18.9 Å². The average molecular weight is 533 g/mol. The molecule has 0 radical (unpaired) electrons. The van der Waals surface area contributed by atoms with Crippen molar-refractivity contribution in [2.45, 2.75) is 32.1 Å². The molecule has 1 aliphatic rings. The third-order valence-corrected chi connectivity index (χ3v) is 6.40. The minimum absolute atomic E-state index is 0.0248. The topological polar surface area (TPSA) is 121 Å². The monoisotopic (exact) mass is 532 g/mol. The lowest BCUT2D eigenvalue weighted by atomic mass is 9.85. The lowest BCUT2D eigenvalue weighted by molar-refractivity contribution is -0.117. The molecular weight excluding hydrogens is 511 g/mol. The van der Waals surface area contributed by atoms with Crippen LogP contribution in [0.25, 0.3) is 5.65 Å². The van der Waals surface area contributed by atoms with Crippen molar-refractivity contribution in [1.29, 1.82) is 5.26 Å². The Kier molecular flexibility index (Phi) is 6.46. The zero-order chi connectivity index (χ0) is 27.0. The lowest BCUT2D eigenvalue weighted by Crippen LogP contribution is -2.17. The first kappa shape index (κ1) is 25.2. The van der Waals surface area contributed by atoms with E-state index in [1.807, 2.05) is 0 Å². The van der Waals surface area contributed by atoms with E-state index in [0.29, 0.717) is 17.0 Å². The number of imidazole rings is 1. The highest BCUT2D eigenvalue weighted by atomic mass is 35.5. The molecule has 0 spiro atoms. The van der Waals surface area contributed by atoms with Gasteiger partial charge in [0.05, 0.1) is 28.4 Å². The maximum Gasteiger partial charge on any atom is 0.255 e. The second kappa shape index (κ2) is 9.76. The first-order valence-corrected chi connectivity index (χ1v) is 12.2. The number of carbonyl (C=O) groups is 2. The molecule has 0 atom stereocenters. The molecule has 11 heteroatoms. The van der Waals surface area contributed by atoms with Crippen LogP contribution in [0, 0.1) is 23.1 Å². The van der Waals surface area contributed by atoms with E-state index in [-0.39, 0.29) is 39.7 Å². The molecule has 2 aromatic carbocycles. The van der Waals surface area contributed by atoms with Crippen LogP contribution in [-0.2, 0) is 10.2 Å². The number of aromatic nitrogens is 3. The van der Waals surface area contributed by atoms with Gasteiger partial charge in [-0.3, -0.25) is 9.59 Å². The zero-order valence-electron chi connectivity index (χ0n) is 20.5. The molecule has 0 saturated heterocycles. The maximum atomic E-state index is 14.7. The maximum absolute atomic E-state index is 14.7. The van der Waals surface area contributed by atoms with E-state index in [1.54, 1.807) is 56.4 Å². The van der Waals surface area contributed by atoms with E-state index in [9.17, 15) is 19.2 Å². The van der Waals surface area contributed by atoms with Gasteiger partial charge in [0.25, 0.3) is 5.91 Å². The number of carbonyl (C=O) groups excluding carboxylic acids is 2. The standard InChI is InChI=1S/C27H22ClFN6O3/c1-27(2,14-30)17-5-3-4-16(10-17)26(37)31-20-12-21(18(28)11-19(20)29)38-24-9-8-23-32-22(13-35(23)34-24)33-25(36)15-6-7-15/h3-5,8-13,15H,6-7H2,1-2H3,(H,31,37)(H,33,36). The van der Waals surface area contributed by atoms with Crippen molar-refractivity contribution < 1.29 is 18.7 Å². The van der Waals surface area contributed by atoms with E-state index < -0.39 is 17.1 Å². The lowest BCUT2D eigenvalue weighted by Gasteiger charge is -2.17. The molecule has 2 N–H and O–H groups in total. The van der Waals surface area contributed by atoms with Crippen LogP contribution in [0.15, 0.2) is 54.7 Å². The third-order valence-electron chi connectivity index (χ3n) is 6.11. The van der Waals surface area contributed by atoms with Gasteiger partial charge in [-0.25, -0.2) is 13.9 Å². The second-order valence-electron chi connectivity index (χ2n) is 9.50. The Morgan fingerprint density at radius 2 is 1.97 bits per heavy atom. The Hall–Kier alpha value is -4.49. The molecule has 4 aromatic rings. The summed E-state index contributed by atoms with van der Waals surface area (Å²) in [4.78, 5) is 29.2. The normalized spacial score (nSPS) is 13.1. The van der Waals surface area contributed by atoms with Gasteiger partial charge >= 0.3 is 0 Å². The fourth-order valence-electron chi connectivity index (χ4n) is 3.68. The van der Waals surface area contributed by atoms with Crippen LogP contribution in [0.4, 0.5) is 15.9 Å². The van der Waals surface area contributed by atoms with Crippen LogP contribution in [-0.4, -0.2) is 26.4 Å². The molecule has 1 fully saturated rings. The number of nitriles is 1. The summed E-state index contributed by atoms with van der Waals surface area (Å²) in [7, 11) is 0. The fraction of sp³-hybridized carbons (Fsp3) is 0.222. The Balaban J connectivity index is 1.35. The van der Waals surface area contributed by atoms with Crippen LogP contribution in [0.5, 0.6) is 11.6 Å². The summed E-state index contributed by atoms with van der Waals surface area (Å²) >= 11 is 6.20. The number of hydrogen-bond acceptors (Lipinski definition) is 6. The molecule has 1 saturated carbocycles. The minimum atomic E-state index is -0.796. The Morgan fingerprint density at radius 3 is 2.71 bits per heavy atom. The van der Waals surface area contributed by atoms with Gasteiger partial charge in [-0.1, -0.05) is 23.7 Å². The number of nitrogens with zero attached hydrogens (tertiary/aromatic N) is 4. The van der Waals surface area contributed by atoms with Crippen molar-refractivity contribution in [1.82, 2.24) is 14.6 Å². The van der Waals surface area contributed by atoms with Gasteiger partial charge in [-0.2, -0.15) is 5.26 Å². The van der Waals surface area contributed by atoms with Gasteiger partial charge in [0.2, 0.25) is 11.8 Å². The number of anilines is 2. The van der Waals surface area contributed by atoms with Gasteiger partial charge in [-0.05, 0) is 56.5 Å². The zero-order valence-corrected chi connectivity index (χ0v) is 21.2. The van der Waals surface area contributed by atoms with Crippen molar-refractivity contribution in [3.8, 4) is 17.7 Å². The summed E-state index contributed by atoms with van der Waals surface area (Å²) in [6.45, 7) is 3.49. The Labute approximate surface area is 222 Å². The summed E-state index contributed by atoms with van der Waals surface area (Å²) in [5, 5.41) is 19.0. The van der Waals surface area contributed by atoms with Crippen molar-refractivity contribution in [3.63, 3.8) is 0 Å². The fourth-order valence-corrected chi connectivity index (χ4v) is 3.87. The number of amides is 2. The van der Waals surface area contributed by atoms with Crippen molar-refractivity contribution in [2.24, 2.45) is 5.92 Å². The molecule has 38 heavy (non-hydrogen) atoms. The van der Waals surface area contributed by atoms with Crippen molar-refractivity contribution in [2.75, 3.05) is 10.6 Å². The predicted molar refractivity (Wildman–Crippen MR) is 139 cm³/mol. The van der Waals surface area contributed by atoms with Crippen LogP contribution >= 0.6 is 11.6 Å². The molecule has 2 aromatic heterocycles. The van der Waals surface area contributed by atoms with Gasteiger partial charge in [-0.15, -0.1) is 5.10 Å². The molecule has 2 heterocycles. The van der Waals surface area contributed by atoms with E-state index in [2.05, 4.69) is 26.8 Å². The van der Waals surface area contributed by atoms with Gasteiger partial charge in [0.1, 0.15) is 11.6 Å². The van der Waals surface area contributed by atoms with Crippen molar-refractivity contribution in [3.05, 3.63) is 76.7 Å². The highest BCUT2D eigenvalue weighted by Crippen LogP contribution is 2.34. The smallest absolute Gasteiger partial charge is 0.255 e. The molecule has 2 amide bonds. The Bertz CT molecular complexity index is 1620. The number of nitrogens with one attached hydrogen (secondary N) is 2. The molecule has 1 aliphatic carbocycles. The van der Waals surface area contributed by atoms with Gasteiger partial charge in [0.15, 0.2) is 11.5 Å². The van der Waals surface area contributed by atoms with E-state index in [1.165, 1.54) is 10.6 Å². The minimum Gasteiger partial charge on any atom is -0.436 e. The first-order chi connectivity index (χ1) is 18.1. The van der Waals surface area contributed by atoms with Crippen LogP contribution in [0.3, 0.4) is 0 Å². The number of halogens is 2. The summed E-state index contributed by atoms with van der Waals surface area (Å²) in [6, 6.07) is 14.3. The number of rotatable bonds is 7. The first-order valence-electron chi connectivity index (χ1n) is 11.8. The molecule has 0 aliphatic heterocycles. The molecule has 9 nitrogen and oxygen atoms in total. The number of ether oxygens (including phenoxy) is 1. The van der Waals surface area contributed by atoms with E-state index >= 15 is 0 Å². The molecule has 5 rings (SSSR count). The third kappa shape index (κ3) is 5.28. The second-order valence-corrected chi connectivity index (χ2v) is 9.91. The molecule has 0 bridgehead atoms. The highest BCUT2D eigenvalue weighted by Gasteiger charge is 2.30. The van der Waals surface area contributed by atoms with Crippen LogP contribution in [0.1, 0.15) is 42.6 Å². The molecule has 0 unspecified atom stereocenters. The number of benzene rings is 2. The number of fused-ring (bicyclic) bond motifs is 1. The highest BCUT2D eigenvalue weighted by molar-refractivity contribution is 6.32. The van der Waals surface area contributed by atoms with Crippen LogP contribution < -0.4 is 15.4 Å². The molecule has 192 valence electrons. The molecular formula is C27H22ClFN6O3. The number of hydrogen-bond donors (Lipinski definition) is 2. The van der Waals surface area contributed by atoms with Crippen LogP contribution in [0.2, 0.25) is 5.02 Å². The predicted octanol–water partition coefficient (Wildman–Crippen LogP) is 5.72. The largest absolute Gasteiger partial charge is 0.436 e. The van der Waals surface area contributed by atoms with Gasteiger partial charge in [0, 0.05) is 23.6 Å². The SMILES string of the molecule is CC(C)(C#N)c1cccc(C(=O)Nc2cc(Oc3ccc4nc(NC(=O)C5CC5)cn4n3)c(Cl)cc2F)c1. The van der Waals surface area contributed by atoms with Gasteiger partial charge < -0.3 is 15.4 Å². The summed E-state index contributed by atoms with van der Waals surface area (Å²) in [6.07, 6.45) is 3.31. The summed E-state index contributed by atoms with van der Waals surface area (Å²) in [5.41, 5.74) is 0.468. The van der Waals surface area contributed by atoms with Crippen molar-refractivity contribution >= 4 is 40.6 Å².